The maximum Gasteiger partial charge on any atom is 0.280 e. The fourth-order valence-electron chi connectivity index (χ4n) is 2.99. The molecular formula is C21H22ClN5O2S. The first-order valence-corrected chi connectivity index (χ1v) is 10.5. The average molecular weight is 444 g/mol. The van der Waals surface area contributed by atoms with Crippen LogP contribution in [0.5, 0.6) is 0 Å². The number of pyridine rings is 1. The minimum atomic E-state index is -0.960. The lowest BCUT2D eigenvalue weighted by Gasteiger charge is -2.34. The first-order chi connectivity index (χ1) is 14.2. The van der Waals surface area contributed by atoms with Gasteiger partial charge in [-0.2, -0.15) is 0 Å². The molecule has 0 saturated heterocycles. The molecule has 0 aliphatic heterocycles. The molecule has 0 fully saturated rings. The smallest absolute Gasteiger partial charge is 0.280 e. The fraction of sp³-hybridized carbons (Fsp3) is 0.286. The van der Waals surface area contributed by atoms with E-state index in [0.29, 0.717) is 16.3 Å². The number of rotatable bonds is 5. The molecule has 0 aliphatic carbocycles. The van der Waals surface area contributed by atoms with Gasteiger partial charge in [0.15, 0.2) is 5.69 Å². The van der Waals surface area contributed by atoms with Gasteiger partial charge in [-0.1, -0.05) is 22.2 Å². The highest BCUT2D eigenvalue weighted by molar-refractivity contribution is 7.03. The van der Waals surface area contributed by atoms with Crippen molar-refractivity contribution in [2.45, 2.75) is 39.3 Å². The van der Waals surface area contributed by atoms with Crippen molar-refractivity contribution < 1.29 is 9.59 Å². The van der Waals surface area contributed by atoms with Gasteiger partial charge in [-0.25, -0.2) is 0 Å². The molecular weight excluding hydrogens is 422 g/mol. The highest BCUT2D eigenvalue weighted by Gasteiger charge is 2.36. The van der Waals surface area contributed by atoms with Crippen molar-refractivity contribution in [2.24, 2.45) is 0 Å². The zero-order chi connectivity index (χ0) is 21.9. The van der Waals surface area contributed by atoms with E-state index in [9.17, 15) is 9.59 Å². The summed E-state index contributed by atoms with van der Waals surface area (Å²) in [6.07, 6.45) is 3.18. The molecule has 2 aromatic heterocycles. The number of aryl methyl sites for hydroxylation is 1. The quantitative estimate of drug-likeness (QED) is 0.638. The summed E-state index contributed by atoms with van der Waals surface area (Å²) < 4.78 is 3.80. The second kappa shape index (κ2) is 8.89. The monoisotopic (exact) mass is 443 g/mol. The van der Waals surface area contributed by atoms with E-state index in [1.807, 2.05) is 33.8 Å². The number of aromatic nitrogens is 3. The number of halogens is 1. The van der Waals surface area contributed by atoms with Crippen molar-refractivity contribution in [3.05, 3.63) is 69.9 Å². The van der Waals surface area contributed by atoms with Crippen LogP contribution in [0.25, 0.3) is 0 Å². The van der Waals surface area contributed by atoms with Gasteiger partial charge in [0, 0.05) is 34.0 Å². The van der Waals surface area contributed by atoms with E-state index in [1.165, 1.54) is 4.90 Å². The van der Waals surface area contributed by atoms with E-state index in [1.54, 1.807) is 42.0 Å². The van der Waals surface area contributed by atoms with E-state index >= 15 is 0 Å². The maximum atomic E-state index is 13.5. The van der Waals surface area contributed by atoms with E-state index in [0.717, 1.165) is 17.1 Å². The van der Waals surface area contributed by atoms with Crippen LogP contribution in [-0.2, 0) is 4.79 Å². The Morgan fingerprint density at radius 2 is 1.87 bits per heavy atom. The Bertz CT molecular complexity index is 1040. The standard InChI is InChI=1S/C21H22ClN5O2S/c1-13-5-6-15(22)11-17(13)27(20(29)16-12-30-26-25-16)18(14-7-9-23-10-8-14)19(28)24-21(2,3)4/h5-12,18H,1-4H3,(H,24,28). The van der Waals surface area contributed by atoms with Crippen molar-refractivity contribution in [3.63, 3.8) is 0 Å². The van der Waals surface area contributed by atoms with Crippen LogP contribution in [0.3, 0.4) is 0 Å². The number of anilines is 1. The number of nitrogens with zero attached hydrogens (tertiary/aromatic N) is 4. The first kappa shape index (κ1) is 21.9. The molecule has 1 N–H and O–H groups in total. The first-order valence-electron chi connectivity index (χ1n) is 9.26. The Labute approximate surface area is 184 Å². The van der Waals surface area contributed by atoms with E-state index in [4.69, 9.17) is 11.6 Å². The van der Waals surface area contributed by atoms with Gasteiger partial charge in [0.2, 0.25) is 5.91 Å². The molecule has 3 rings (SSSR count). The van der Waals surface area contributed by atoms with Crippen LogP contribution in [-0.4, -0.2) is 31.9 Å². The third kappa shape index (κ3) is 5.01. The Morgan fingerprint density at radius 3 is 2.47 bits per heavy atom. The highest BCUT2D eigenvalue weighted by atomic mass is 35.5. The highest BCUT2D eigenvalue weighted by Crippen LogP contribution is 2.33. The maximum absolute atomic E-state index is 13.5. The molecule has 1 aromatic carbocycles. The molecule has 0 radical (unpaired) electrons. The van der Waals surface area contributed by atoms with Crippen LogP contribution >= 0.6 is 23.1 Å². The summed E-state index contributed by atoms with van der Waals surface area (Å²) in [7, 11) is 0. The van der Waals surface area contributed by atoms with Crippen LogP contribution in [0, 0.1) is 6.92 Å². The lowest BCUT2D eigenvalue weighted by atomic mass is 10.0. The molecule has 2 amide bonds. The molecule has 0 aliphatic rings. The van der Waals surface area contributed by atoms with Crippen molar-refractivity contribution in [1.82, 2.24) is 19.9 Å². The molecule has 0 saturated carbocycles. The summed E-state index contributed by atoms with van der Waals surface area (Å²) in [6, 6.07) is 7.69. The van der Waals surface area contributed by atoms with Gasteiger partial charge >= 0.3 is 0 Å². The third-order valence-electron chi connectivity index (χ3n) is 4.26. The summed E-state index contributed by atoms with van der Waals surface area (Å²) in [5, 5.41) is 8.92. The normalized spacial score (nSPS) is 12.3. The van der Waals surface area contributed by atoms with Crippen molar-refractivity contribution >= 4 is 40.6 Å². The molecule has 1 atom stereocenters. The summed E-state index contributed by atoms with van der Waals surface area (Å²) in [4.78, 5) is 32.5. The zero-order valence-corrected chi connectivity index (χ0v) is 18.7. The largest absolute Gasteiger partial charge is 0.349 e. The van der Waals surface area contributed by atoms with Gasteiger partial charge in [-0.05, 0) is 74.6 Å². The molecule has 156 valence electrons. The van der Waals surface area contributed by atoms with Crippen LogP contribution in [0.15, 0.2) is 48.1 Å². The summed E-state index contributed by atoms with van der Waals surface area (Å²) in [5.41, 5.74) is 1.58. The fourth-order valence-corrected chi connectivity index (χ4v) is 3.59. The number of carbonyl (C=O) groups excluding carboxylic acids is 2. The lowest BCUT2D eigenvalue weighted by Crippen LogP contribution is -2.49. The van der Waals surface area contributed by atoms with Gasteiger partial charge in [-0.3, -0.25) is 19.5 Å². The molecule has 30 heavy (non-hydrogen) atoms. The predicted molar refractivity (Wildman–Crippen MR) is 118 cm³/mol. The van der Waals surface area contributed by atoms with Crippen LogP contribution in [0.4, 0.5) is 5.69 Å². The molecule has 3 aromatic rings. The second-order valence-corrected chi connectivity index (χ2v) is 8.86. The van der Waals surface area contributed by atoms with Gasteiger partial charge in [0.1, 0.15) is 6.04 Å². The number of carbonyl (C=O) groups is 2. The predicted octanol–water partition coefficient (Wildman–Crippen LogP) is 4.20. The molecule has 1 unspecified atom stereocenters. The molecule has 9 heteroatoms. The molecule has 0 spiro atoms. The van der Waals surface area contributed by atoms with Crippen LogP contribution in [0.2, 0.25) is 5.02 Å². The Balaban J connectivity index is 2.21. The number of benzene rings is 1. The SMILES string of the molecule is Cc1ccc(Cl)cc1N(C(=O)c1csnn1)C(C(=O)NC(C)(C)C)c1ccncc1. The second-order valence-electron chi connectivity index (χ2n) is 7.82. The van der Waals surface area contributed by atoms with Gasteiger partial charge in [0.05, 0.1) is 0 Å². The van der Waals surface area contributed by atoms with Crippen molar-refractivity contribution in [2.75, 3.05) is 4.90 Å². The molecule has 2 heterocycles. The molecule has 0 bridgehead atoms. The number of hydrogen-bond acceptors (Lipinski definition) is 6. The van der Waals surface area contributed by atoms with E-state index < -0.39 is 17.5 Å². The minimum Gasteiger partial charge on any atom is -0.349 e. The van der Waals surface area contributed by atoms with Crippen LogP contribution in [0.1, 0.15) is 48.4 Å². The summed E-state index contributed by atoms with van der Waals surface area (Å²) >= 11 is 7.32. The van der Waals surface area contributed by atoms with E-state index in [-0.39, 0.29) is 11.6 Å². The zero-order valence-electron chi connectivity index (χ0n) is 17.1. The Morgan fingerprint density at radius 1 is 1.17 bits per heavy atom. The number of nitrogens with one attached hydrogen (secondary N) is 1. The third-order valence-corrected chi connectivity index (χ3v) is 4.99. The topological polar surface area (TPSA) is 88.1 Å². The van der Waals surface area contributed by atoms with Gasteiger partial charge in [0.25, 0.3) is 5.91 Å². The van der Waals surface area contributed by atoms with Gasteiger partial charge in [-0.15, -0.1) is 5.10 Å². The molecule has 7 nitrogen and oxygen atoms in total. The summed E-state index contributed by atoms with van der Waals surface area (Å²) in [5.74, 6) is -0.774. The minimum absolute atomic E-state index is 0.155. The van der Waals surface area contributed by atoms with Crippen molar-refractivity contribution in [3.8, 4) is 0 Å². The van der Waals surface area contributed by atoms with E-state index in [2.05, 4.69) is 19.9 Å². The van der Waals surface area contributed by atoms with Gasteiger partial charge < -0.3 is 5.32 Å². The number of amides is 2. The number of hydrogen-bond donors (Lipinski definition) is 1. The Kier molecular flexibility index (Phi) is 6.48. The average Bonchev–Trinajstić information content (AvgIpc) is 3.21. The Hall–Kier alpha value is -2.84. The van der Waals surface area contributed by atoms with Crippen LogP contribution < -0.4 is 10.2 Å². The lowest BCUT2D eigenvalue weighted by molar-refractivity contribution is -0.123. The summed E-state index contributed by atoms with van der Waals surface area (Å²) in [6.45, 7) is 7.51. The van der Waals surface area contributed by atoms with Crippen molar-refractivity contribution in [1.29, 1.82) is 0 Å².